The maximum Gasteiger partial charge on any atom is 0.205 e. The van der Waals surface area contributed by atoms with Gasteiger partial charge in [-0.1, -0.05) is 35.9 Å². The lowest BCUT2D eigenvalue weighted by atomic mass is 10.0. The van der Waals surface area contributed by atoms with E-state index in [4.69, 9.17) is 5.73 Å². The third-order valence-electron chi connectivity index (χ3n) is 3.53. The van der Waals surface area contributed by atoms with Gasteiger partial charge in [-0.2, -0.15) is 5.26 Å². The van der Waals surface area contributed by atoms with E-state index in [0.717, 1.165) is 11.1 Å². The zero-order valence-corrected chi connectivity index (χ0v) is 12.5. The number of carbonyl (C=O) groups is 1. The minimum atomic E-state index is -0.339. The fourth-order valence-corrected chi connectivity index (χ4v) is 2.41. The second kappa shape index (κ2) is 5.78. The average molecular weight is 302 g/mol. The Balaban J connectivity index is 2.10. The average Bonchev–Trinajstić information content (AvgIpc) is 2.87. The van der Waals surface area contributed by atoms with E-state index in [1.807, 2.05) is 43.3 Å². The minimum absolute atomic E-state index is 0.00505. The van der Waals surface area contributed by atoms with Crippen LogP contribution in [-0.2, 0) is 0 Å². The van der Waals surface area contributed by atoms with Crippen LogP contribution in [0.25, 0.3) is 17.2 Å². The van der Waals surface area contributed by atoms with Crippen LogP contribution in [0.15, 0.2) is 54.1 Å². The van der Waals surface area contributed by atoms with Gasteiger partial charge in [0.25, 0.3) is 0 Å². The highest BCUT2D eigenvalue weighted by atomic mass is 16.1. The number of hydrogen-bond acceptors (Lipinski definition) is 4. The highest BCUT2D eigenvalue weighted by Gasteiger charge is 2.14. The summed E-state index contributed by atoms with van der Waals surface area (Å²) in [5.74, 6) is -0.107. The van der Waals surface area contributed by atoms with Gasteiger partial charge in [0.2, 0.25) is 11.7 Å². The van der Waals surface area contributed by atoms with Crippen molar-refractivity contribution >= 4 is 29.0 Å². The molecular weight excluding hydrogens is 288 g/mol. The number of benzene rings is 2. The predicted octanol–water partition coefficient (Wildman–Crippen LogP) is 3.17. The van der Waals surface area contributed by atoms with Gasteiger partial charge < -0.3 is 5.73 Å². The van der Waals surface area contributed by atoms with Gasteiger partial charge in [0.05, 0.1) is 11.0 Å². The molecule has 0 unspecified atom stereocenters. The molecule has 0 radical (unpaired) electrons. The first kappa shape index (κ1) is 14.5. The summed E-state index contributed by atoms with van der Waals surface area (Å²) in [6, 6.07) is 16.4. The molecule has 3 aromatic rings. The number of nitrogen functional groups attached to an aromatic ring is 1. The van der Waals surface area contributed by atoms with Gasteiger partial charge in [-0.3, -0.25) is 9.36 Å². The van der Waals surface area contributed by atoms with Crippen molar-refractivity contribution in [1.82, 2.24) is 9.55 Å². The number of fused-ring (bicyclic) bond motifs is 1. The molecular formula is C18H14N4O. The van der Waals surface area contributed by atoms with Crippen LogP contribution in [0.4, 0.5) is 5.95 Å². The summed E-state index contributed by atoms with van der Waals surface area (Å²) in [5, 5.41) is 9.38. The van der Waals surface area contributed by atoms with E-state index in [1.54, 1.807) is 22.8 Å². The summed E-state index contributed by atoms with van der Waals surface area (Å²) in [7, 11) is 0. The third-order valence-corrected chi connectivity index (χ3v) is 3.53. The molecule has 0 atom stereocenters. The van der Waals surface area contributed by atoms with Gasteiger partial charge >= 0.3 is 0 Å². The summed E-state index contributed by atoms with van der Waals surface area (Å²) in [5.41, 5.74) is 8.80. The Hall–Kier alpha value is -3.39. The molecule has 5 heteroatoms. The normalized spacial score (nSPS) is 11.4. The molecule has 0 aliphatic rings. The van der Waals surface area contributed by atoms with Crippen LogP contribution >= 0.6 is 0 Å². The Morgan fingerprint density at radius 2 is 2.04 bits per heavy atom. The molecule has 5 nitrogen and oxygen atoms in total. The van der Waals surface area contributed by atoms with Gasteiger partial charge in [-0.25, -0.2) is 4.98 Å². The van der Waals surface area contributed by atoms with Crippen molar-refractivity contribution < 1.29 is 4.79 Å². The number of rotatable bonds is 3. The van der Waals surface area contributed by atoms with Crippen LogP contribution in [0.5, 0.6) is 0 Å². The van der Waals surface area contributed by atoms with Crippen molar-refractivity contribution in [3.05, 3.63) is 65.2 Å². The van der Waals surface area contributed by atoms with Crippen molar-refractivity contribution in [2.75, 3.05) is 5.73 Å². The smallest absolute Gasteiger partial charge is 0.205 e. The van der Waals surface area contributed by atoms with Crippen LogP contribution < -0.4 is 5.73 Å². The van der Waals surface area contributed by atoms with Gasteiger partial charge in [0.15, 0.2) is 0 Å². The lowest BCUT2D eigenvalue weighted by molar-refractivity contribution is 0.103. The van der Waals surface area contributed by atoms with Crippen LogP contribution in [0.1, 0.15) is 15.9 Å². The van der Waals surface area contributed by atoms with E-state index in [1.165, 1.54) is 6.20 Å². The maximum atomic E-state index is 12.5. The number of carbonyl (C=O) groups excluding carboxylic acids is 1. The molecule has 0 aliphatic carbocycles. The number of Topliss-reactive ketones (excluding diaryl/α,β-unsaturated/α-hetero) is 1. The van der Waals surface area contributed by atoms with E-state index < -0.39 is 0 Å². The number of allylic oxidation sites excluding steroid dienone is 1. The first-order valence-corrected chi connectivity index (χ1v) is 7.06. The highest BCUT2D eigenvalue weighted by molar-refractivity contribution is 6.13. The molecule has 0 fully saturated rings. The molecule has 1 aromatic heterocycles. The van der Waals surface area contributed by atoms with E-state index in [-0.39, 0.29) is 17.3 Å². The number of aryl methyl sites for hydroxylation is 1. The highest BCUT2D eigenvalue weighted by Crippen LogP contribution is 2.20. The van der Waals surface area contributed by atoms with Gasteiger partial charge in [-0.15, -0.1) is 0 Å². The topological polar surface area (TPSA) is 84.7 Å². The van der Waals surface area contributed by atoms with Crippen molar-refractivity contribution in [3.63, 3.8) is 0 Å². The number of aromatic nitrogens is 2. The predicted molar refractivity (Wildman–Crippen MR) is 89.5 cm³/mol. The molecule has 23 heavy (non-hydrogen) atoms. The number of nitriles is 1. The quantitative estimate of drug-likeness (QED) is 0.457. The Kier molecular flexibility index (Phi) is 3.65. The molecule has 0 amide bonds. The van der Waals surface area contributed by atoms with E-state index in [2.05, 4.69) is 4.98 Å². The van der Waals surface area contributed by atoms with Gasteiger partial charge in [0, 0.05) is 11.8 Å². The van der Waals surface area contributed by atoms with E-state index in [9.17, 15) is 10.1 Å². The molecule has 2 N–H and O–H groups in total. The van der Waals surface area contributed by atoms with Crippen LogP contribution in [-0.4, -0.2) is 15.3 Å². The molecule has 0 aliphatic heterocycles. The zero-order valence-electron chi connectivity index (χ0n) is 12.5. The number of nitrogens with two attached hydrogens (primary N) is 1. The Morgan fingerprint density at radius 1 is 1.26 bits per heavy atom. The summed E-state index contributed by atoms with van der Waals surface area (Å²) < 4.78 is 1.56. The molecule has 112 valence electrons. The maximum absolute atomic E-state index is 12.5. The van der Waals surface area contributed by atoms with Crippen LogP contribution in [0, 0.1) is 18.3 Å². The van der Waals surface area contributed by atoms with Gasteiger partial charge in [-0.05, 0) is 25.1 Å². The molecule has 0 spiro atoms. The van der Waals surface area contributed by atoms with Gasteiger partial charge in [0.1, 0.15) is 11.6 Å². The van der Waals surface area contributed by atoms with Crippen molar-refractivity contribution in [1.29, 1.82) is 5.26 Å². The number of ketones is 1. The SMILES string of the molecule is Cc1cccc(C(=O)/C(C#N)=C\n2c(N)nc3ccccc32)c1. The molecule has 0 bridgehead atoms. The Labute approximate surface area is 133 Å². The first-order valence-electron chi connectivity index (χ1n) is 7.06. The second-order valence-electron chi connectivity index (χ2n) is 5.18. The lowest BCUT2D eigenvalue weighted by Crippen LogP contribution is -2.05. The molecule has 2 aromatic carbocycles. The molecule has 0 saturated carbocycles. The third kappa shape index (κ3) is 2.70. The fourth-order valence-electron chi connectivity index (χ4n) is 2.41. The Bertz CT molecular complexity index is 976. The summed E-state index contributed by atoms with van der Waals surface area (Å²) in [6.07, 6.45) is 1.44. The fraction of sp³-hybridized carbons (Fsp3) is 0.0556. The molecule has 0 saturated heterocycles. The Morgan fingerprint density at radius 3 is 2.78 bits per heavy atom. The zero-order chi connectivity index (χ0) is 16.4. The largest absolute Gasteiger partial charge is 0.369 e. The number of imidazole rings is 1. The number of nitrogens with zero attached hydrogens (tertiary/aromatic N) is 3. The number of anilines is 1. The summed E-state index contributed by atoms with van der Waals surface area (Å²) >= 11 is 0. The van der Waals surface area contributed by atoms with E-state index >= 15 is 0 Å². The van der Waals surface area contributed by atoms with Crippen molar-refractivity contribution in [2.24, 2.45) is 0 Å². The molecule has 3 rings (SSSR count). The van der Waals surface area contributed by atoms with E-state index in [0.29, 0.717) is 11.1 Å². The lowest BCUT2D eigenvalue weighted by Gasteiger charge is -2.03. The monoisotopic (exact) mass is 302 g/mol. The molecule has 1 heterocycles. The number of para-hydroxylation sites is 2. The first-order chi connectivity index (χ1) is 11.1. The van der Waals surface area contributed by atoms with Crippen LogP contribution in [0.3, 0.4) is 0 Å². The summed E-state index contributed by atoms with van der Waals surface area (Å²) in [6.45, 7) is 1.90. The van der Waals surface area contributed by atoms with Crippen molar-refractivity contribution in [2.45, 2.75) is 6.92 Å². The summed E-state index contributed by atoms with van der Waals surface area (Å²) in [4.78, 5) is 16.8. The second-order valence-corrected chi connectivity index (χ2v) is 5.18. The number of hydrogen-bond donors (Lipinski definition) is 1. The van der Waals surface area contributed by atoms with Crippen molar-refractivity contribution in [3.8, 4) is 6.07 Å². The van der Waals surface area contributed by atoms with Crippen LogP contribution in [0.2, 0.25) is 0 Å². The minimum Gasteiger partial charge on any atom is -0.369 e. The standard InChI is InChI=1S/C18H14N4O/c1-12-5-4-6-13(9-12)17(23)14(10-19)11-22-16-8-3-2-7-15(16)21-18(22)20/h2-9,11H,1H3,(H2,20,21)/b14-11-.